The Morgan fingerprint density at radius 1 is 1.33 bits per heavy atom. The largest absolute Gasteiger partial charge is 0.322 e. The monoisotopic (exact) mass is 208 g/mol. The van der Waals surface area contributed by atoms with E-state index in [1.807, 2.05) is 0 Å². The Kier molecular flexibility index (Phi) is 3.36. The minimum atomic E-state index is -0.606. The number of aromatic nitrogens is 2. The molecule has 0 aromatic carbocycles. The Hall–Kier alpha value is -1.49. The van der Waals surface area contributed by atoms with Crippen LogP contribution in [-0.2, 0) is 4.79 Å². The Morgan fingerprint density at radius 2 is 1.87 bits per heavy atom. The minimum absolute atomic E-state index is 0.113. The second-order valence-electron chi connectivity index (χ2n) is 3.85. The minimum Gasteiger partial charge on any atom is -0.322 e. The summed E-state index contributed by atoms with van der Waals surface area (Å²) in [6, 6.07) is 0. The molecule has 1 amide bonds. The Bertz CT molecular complexity index is 345. The van der Waals surface area contributed by atoms with E-state index >= 15 is 0 Å². The van der Waals surface area contributed by atoms with Gasteiger partial charge in [0, 0.05) is 0 Å². The van der Waals surface area contributed by atoms with Crippen LogP contribution in [0, 0.1) is 6.92 Å². The summed E-state index contributed by atoms with van der Waals surface area (Å²) in [6.45, 7) is 5.40. The van der Waals surface area contributed by atoms with Crippen LogP contribution in [0.25, 0.3) is 0 Å². The summed E-state index contributed by atoms with van der Waals surface area (Å²) in [5, 5.41) is 5.65. The van der Waals surface area contributed by atoms with Crippen molar-refractivity contribution in [2.24, 2.45) is 0 Å². The molecule has 0 aliphatic rings. The fourth-order valence-corrected chi connectivity index (χ4v) is 0.858. The number of likely N-dealkylation sites (N-methyl/N-ethyl adjacent to an activating group) is 1. The highest BCUT2D eigenvalue weighted by atomic mass is 16.2. The van der Waals surface area contributed by atoms with Crippen LogP contribution < -0.4 is 10.6 Å². The summed E-state index contributed by atoms with van der Waals surface area (Å²) in [5.41, 5.74) is -0.000778. The molecule has 0 unspecified atom stereocenters. The molecule has 82 valence electrons. The van der Waals surface area contributed by atoms with E-state index in [1.54, 1.807) is 40.2 Å². The Morgan fingerprint density at radius 3 is 2.33 bits per heavy atom. The lowest BCUT2D eigenvalue weighted by atomic mass is 10.1. The average Bonchev–Trinajstić information content (AvgIpc) is 2.21. The number of anilines is 1. The third kappa shape index (κ3) is 2.99. The summed E-state index contributed by atoms with van der Waals surface area (Å²) < 4.78 is 0. The standard InChI is InChI=1S/C10H16N4O/c1-7-12-5-8(6-13-7)14-9(15)10(2,3)11-4/h5-6,11H,1-4H3,(H,14,15). The fraction of sp³-hybridized carbons (Fsp3) is 0.500. The van der Waals surface area contributed by atoms with Crippen LogP contribution in [0.2, 0.25) is 0 Å². The van der Waals surface area contributed by atoms with Gasteiger partial charge in [0.1, 0.15) is 5.82 Å². The number of hydrogen-bond donors (Lipinski definition) is 2. The summed E-state index contributed by atoms with van der Waals surface area (Å²) in [5.74, 6) is 0.568. The zero-order valence-corrected chi connectivity index (χ0v) is 9.46. The highest BCUT2D eigenvalue weighted by molar-refractivity contribution is 5.97. The third-order valence-corrected chi connectivity index (χ3v) is 2.23. The first-order valence-electron chi connectivity index (χ1n) is 4.75. The van der Waals surface area contributed by atoms with Gasteiger partial charge >= 0.3 is 0 Å². The molecule has 0 fully saturated rings. The molecule has 0 bridgehead atoms. The second-order valence-corrected chi connectivity index (χ2v) is 3.85. The maximum atomic E-state index is 11.7. The smallest absolute Gasteiger partial charge is 0.244 e. The van der Waals surface area contributed by atoms with Crippen molar-refractivity contribution in [3.63, 3.8) is 0 Å². The maximum absolute atomic E-state index is 11.7. The van der Waals surface area contributed by atoms with Crippen LogP contribution in [0.3, 0.4) is 0 Å². The van der Waals surface area contributed by atoms with Crippen molar-refractivity contribution >= 4 is 11.6 Å². The quantitative estimate of drug-likeness (QED) is 0.768. The zero-order valence-electron chi connectivity index (χ0n) is 9.46. The lowest BCUT2D eigenvalue weighted by molar-refractivity contribution is -0.121. The van der Waals surface area contributed by atoms with Gasteiger partial charge in [-0.05, 0) is 27.8 Å². The molecule has 1 aromatic heterocycles. The molecule has 0 spiro atoms. The van der Waals surface area contributed by atoms with Crippen LogP contribution in [0.4, 0.5) is 5.69 Å². The molecule has 0 aliphatic carbocycles. The average molecular weight is 208 g/mol. The molecular formula is C10H16N4O. The molecule has 1 aromatic rings. The van der Waals surface area contributed by atoms with E-state index < -0.39 is 5.54 Å². The van der Waals surface area contributed by atoms with Gasteiger partial charge in [-0.15, -0.1) is 0 Å². The summed E-state index contributed by atoms with van der Waals surface area (Å²) in [4.78, 5) is 19.7. The van der Waals surface area contributed by atoms with Gasteiger partial charge in [0.25, 0.3) is 0 Å². The number of rotatable bonds is 3. The van der Waals surface area contributed by atoms with Crippen LogP contribution >= 0.6 is 0 Å². The van der Waals surface area contributed by atoms with E-state index in [-0.39, 0.29) is 5.91 Å². The van der Waals surface area contributed by atoms with Crippen molar-refractivity contribution in [2.75, 3.05) is 12.4 Å². The zero-order chi connectivity index (χ0) is 11.5. The first kappa shape index (κ1) is 11.6. The number of amides is 1. The first-order valence-corrected chi connectivity index (χ1v) is 4.75. The SMILES string of the molecule is CNC(C)(C)C(=O)Nc1cnc(C)nc1. The lowest BCUT2D eigenvalue weighted by Gasteiger charge is -2.22. The number of nitrogens with one attached hydrogen (secondary N) is 2. The summed E-state index contributed by atoms with van der Waals surface area (Å²) in [6.07, 6.45) is 3.18. The number of nitrogens with zero attached hydrogens (tertiary/aromatic N) is 2. The number of carbonyl (C=O) groups excluding carboxylic acids is 1. The topological polar surface area (TPSA) is 66.9 Å². The number of aryl methyl sites for hydroxylation is 1. The lowest BCUT2D eigenvalue weighted by Crippen LogP contribution is -2.47. The van der Waals surface area contributed by atoms with Crippen molar-refractivity contribution < 1.29 is 4.79 Å². The van der Waals surface area contributed by atoms with Crippen molar-refractivity contribution in [3.8, 4) is 0 Å². The normalized spacial score (nSPS) is 11.2. The van der Waals surface area contributed by atoms with E-state index in [9.17, 15) is 4.79 Å². The molecule has 1 rings (SSSR count). The predicted octanol–water partition coefficient (Wildman–Crippen LogP) is 0.722. The molecule has 0 atom stereocenters. The third-order valence-electron chi connectivity index (χ3n) is 2.23. The van der Waals surface area contributed by atoms with Gasteiger partial charge in [-0.1, -0.05) is 0 Å². The molecule has 0 radical (unpaired) electrons. The maximum Gasteiger partial charge on any atom is 0.244 e. The Balaban J connectivity index is 2.71. The van der Waals surface area contributed by atoms with Crippen LogP contribution in [0.15, 0.2) is 12.4 Å². The van der Waals surface area contributed by atoms with Gasteiger partial charge in [0.05, 0.1) is 23.6 Å². The van der Waals surface area contributed by atoms with Gasteiger partial charge in [0.15, 0.2) is 0 Å². The van der Waals surface area contributed by atoms with E-state index in [0.717, 1.165) is 0 Å². The molecule has 5 heteroatoms. The van der Waals surface area contributed by atoms with Crippen molar-refractivity contribution in [3.05, 3.63) is 18.2 Å². The van der Waals surface area contributed by atoms with Crippen LogP contribution in [0.5, 0.6) is 0 Å². The molecule has 2 N–H and O–H groups in total. The predicted molar refractivity (Wildman–Crippen MR) is 58.5 cm³/mol. The summed E-state index contributed by atoms with van der Waals surface area (Å²) in [7, 11) is 1.74. The summed E-state index contributed by atoms with van der Waals surface area (Å²) >= 11 is 0. The first-order chi connectivity index (χ1) is 6.95. The van der Waals surface area contributed by atoms with Crippen LogP contribution in [-0.4, -0.2) is 28.5 Å². The van der Waals surface area contributed by atoms with E-state index in [1.165, 1.54) is 0 Å². The molecular weight excluding hydrogens is 192 g/mol. The molecule has 0 saturated carbocycles. The fourth-order valence-electron chi connectivity index (χ4n) is 0.858. The highest BCUT2D eigenvalue weighted by Gasteiger charge is 2.25. The van der Waals surface area contributed by atoms with Crippen molar-refractivity contribution in [1.82, 2.24) is 15.3 Å². The van der Waals surface area contributed by atoms with E-state index in [4.69, 9.17) is 0 Å². The Labute approximate surface area is 89.3 Å². The second kappa shape index (κ2) is 4.35. The number of hydrogen-bond acceptors (Lipinski definition) is 4. The van der Waals surface area contributed by atoms with Gasteiger partial charge < -0.3 is 10.6 Å². The van der Waals surface area contributed by atoms with E-state index in [0.29, 0.717) is 11.5 Å². The molecule has 0 aliphatic heterocycles. The molecule has 1 heterocycles. The van der Waals surface area contributed by atoms with Crippen LogP contribution in [0.1, 0.15) is 19.7 Å². The molecule has 5 nitrogen and oxygen atoms in total. The van der Waals surface area contributed by atoms with Crippen molar-refractivity contribution in [1.29, 1.82) is 0 Å². The van der Waals surface area contributed by atoms with Gasteiger partial charge in [0.2, 0.25) is 5.91 Å². The van der Waals surface area contributed by atoms with E-state index in [2.05, 4.69) is 20.6 Å². The van der Waals surface area contributed by atoms with Gasteiger partial charge in [-0.25, -0.2) is 9.97 Å². The van der Waals surface area contributed by atoms with Gasteiger partial charge in [-0.3, -0.25) is 4.79 Å². The molecule has 15 heavy (non-hydrogen) atoms. The van der Waals surface area contributed by atoms with Crippen molar-refractivity contribution in [2.45, 2.75) is 26.3 Å². The highest BCUT2D eigenvalue weighted by Crippen LogP contribution is 2.08. The molecule has 0 saturated heterocycles. The number of carbonyl (C=O) groups is 1. The van der Waals surface area contributed by atoms with Gasteiger partial charge in [-0.2, -0.15) is 0 Å².